The van der Waals surface area contributed by atoms with Crippen LogP contribution in [0.25, 0.3) is 11.1 Å². The zero-order valence-corrected chi connectivity index (χ0v) is 21.2. The van der Waals surface area contributed by atoms with Crippen molar-refractivity contribution < 1.29 is 19.2 Å². The van der Waals surface area contributed by atoms with Crippen LogP contribution in [0.2, 0.25) is 0 Å². The summed E-state index contributed by atoms with van der Waals surface area (Å²) in [5.41, 5.74) is 3.14. The summed E-state index contributed by atoms with van der Waals surface area (Å²) in [4.78, 5) is 35.8. The van der Waals surface area contributed by atoms with Crippen LogP contribution in [0, 0.1) is 0 Å². The van der Waals surface area contributed by atoms with Crippen LogP contribution in [0.3, 0.4) is 0 Å². The first-order valence-corrected chi connectivity index (χ1v) is 13.3. The van der Waals surface area contributed by atoms with Gasteiger partial charge < -0.3 is 19.2 Å². The molecule has 3 aromatic rings. The summed E-state index contributed by atoms with van der Waals surface area (Å²) in [6.07, 6.45) is 0. The topological polar surface area (TPSA) is 86.2 Å². The lowest BCUT2D eigenvalue weighted by molar-refractivity contribution is -0.287. The van der Waals surface area contributed by atoms with Gasteiger partial charge in [0.05, 0.1) is 7.37 Å². The van der Waals surface area contributed by atoms with Crippen molar-refractivity contribution in [2.24, 2.45) is 0 Å². The van der Waals surface area contributed by atoms with Crippen LogP contribution in [-0.2, 0) is 15.4 Å². The Morgan fingerprint density at radius 3 is 1.66 bits per heavy atom. The van der Waals surface area contributed by atoms with Gasteiger partial charge in [-0.2, -0.15) is 0 Å². The molecule has 0 heterocycles. The Hall–Kier alpha value is -1.80. The molecule has 0 fully saturated rings. The molecule has 0 aliphatic rings. The number of benzene rings is 3. The summed E-state index contributed by atoms with van der Waals surface area (Å²) in [5, 5.41) is 0.863. The highest BCUT2D eigenvalue weighted by Crippen LogP contribution is 2.40. The van der Waals surface area contributed by atoms with Crippen molar-refractivity contribution in [3.8, 4) is 11.1 Å². The molecule has 0 radical (unpaired) electrons. The van der Waals surface area contributed by atoms with Crippen LogP contribution >= 0.6 is 15.7 Å². The SMILES string of the molecule is CC(C)(C)c1ccc(P(=O)([O-])c2ccc(-c3ccc(P([O-])[O-])cc3)cc2)c(C(C)(C)C)c1. The second-order valence-electron chi connectivity index (χ2n) is 10.1. The van der Waals surface area contributed by atoms with Crippen LogP contribution in [0.4, 0.5) is 0 Å². The van der Waals surface area contributed by atoms with Gasteiger partial charge in [0.1, 0.15) is 0 Å². The fraction of sp³-hybridized carbons (Fsp3) is 0.308. The van der Waals surface area contributed by atoms with Gasteiger partial charge in [0, 0.05) is 10.6 Å². The fourth-order valence-corrected chi connectivity index (χ4v) is 5.82. The van der Waals surface area contributed by atoms with E-state index in [1.165, 1.54) is 0 Å². The minimum atomic E-state index is -4.07. The third kappa shape index (κ3) is 5.22. The van der Waals surface area contributed by atoms with E-state index in [0.717, 1.165) is 22.3 Å². The van der Waals surface area contributed by atoms with Crippen molar-refractivity contribution in [1.82, 2.24) is 0 Å². The third-order valence-corrected chi connectivity index (χ3v) is 8.33. The van der Waals surface area contributed by atoms with Gasteiger partial charge in [-0.3, -0.25) is 8.38 Å². The minimum Gasteiger partial charge on any atom is -0.838 e. The Morgan fingerprint density at radius 1 is 0.719 bits per heavy atom. The zero-order chi connectivity index (χ0) is 23.9. The Labute approximate surface area is 192 Å². The van der Waals surface area contributed by atoms with Crippen LogP contribution < -0.4 is 30.6 Å². The molecule has 3 aromatic carbocycles. The van der Waals surface area contributed by atoms with Crippen molar-refractivity contribution in [2.45, 2.75) is 52.4 Å². The predicted octanol–water partition coefficient (Wildman–Crippen LogP) is 3.20. The molecule has 6 heteroatoms. The quantitative estimate of drug-likeness (QED) is 0.552. The molecule has 0 amide bonds. The monoisotopic (exact) mass is 467 g/mol. The van der Waals surface area contributed by atoms with Gasteiger partial charge in [0.15, 0.2) is 0 Å². The lowest BCUT2D eigenvalue weighted by Gasteiger charge is -2.33. The first kappa shape index (κ1) is 24.8. The second kappa shape index (κ2) is 8.86. The highest BCUT2D eigenvalue weighted by molar-refractivity contribution is 7.72. The number of hydrogen-bond donors (Lipinski definition) is 0. The Balaban J connectivity index is 2.02. The number of rotatable bonds is 4. The van der Waals surface area contributed by atoms with E-state index < -0.39 is 15.7 Å². The highest BCUT2D eigenvalue weighted by Gasteiger charge is 2.27. The maximum absolute atomic E-state index is 13.6. The normalized spacial score (nSPS) is 14.4. The average molecular weight is 467 g/mol. The lowest BCUT2D eigenvalue weighted by atomic mass is 9.81. The molecular weight excluding hydrogens is 438 g/mol. The van der Waals surface area contributed by atoms with Crippen LogP contribution in [0.15, 0.2) is 66.7 Å². The van der Waals surface area contributed by atoms with Crippen molar-refractivity contribution in [1.29, 1.82) is 0 Å². The van der Waals surface area contributed by atoms with Gasteiger partial charge in [-0.05, 0) is 33.1 Å². The molecule has 0 aromatic heterocycles. The zero-order valence-electron chi connectivity index (χ0n) is 19.4. The molecule has 4 nitrogen and oxygen atoms in total. The molecule has 3 rings (SSSR count). The highest BCUT2D eigenvalue weighted by atomic mass is 31.2. The summed E-state index contributed by atoms with van der Waals surface area (Å²) in [5.74, 6) is 0. The molecule has 32 heavy (non-hydrogen) atoms. The van der Waals surface area contributed by atoms with E-state index in [1.54, 1.807) is 54.6 Å². The molecule has 0 aliphatic heterocycles. The summed E-state index contributed by atoms with van der Waals surface area (Å²) >= 11 is 0. The minimum absolute atomic E-state index is 0.0814. The summed E-state index contributed by atoms with van der Waals surface area (Å²) < 4.78 is 13.6. The van der Waals surface area contributed by atoms with Crippen molar-refractivity contribution in [3.05, 3.63) is 77.9 Å². The first-order chi connectivity index (χ1) is 14.7. The Bertz CT molecular complexity index is 1140. The van der Waals surface area contributed by atoms with E-state index in [-0.39, 0.29) is 21.4 Å². The summed E-state index contributed by atoms with van der Waals surface area (Å²) in [6, 6.07) is 18.9. The maximum Gasteiger partial charge on any atom is 0.0723 e. The Morgan fingerprint density at radius 2 is 1.22 bits per heavy atom. The van der Waals surface area contributed by atoms with E-state index in [4.69, 9.17) is 0 Å². The summed E-state index contributed by atoms with van der Waals surface area (Å²) in [7, 11) is -6.69. The molecule has 1 atom stereocenters. The van der Waals surface area contributed by atoms with Gasteiger partial charge in [-0.25, -0.2) is 0 Å². The van der Waals surface area contributed by atoms with E-state index in [2.05, 4.69) is 20.8 Å². The van der Waals surface area contributed by atoms with Crippen molar-refractivity contribution >= 4 is 31.7 Å². The van der Waals surface area contributed by atoms with Gasteiger partial charge in [0.2, 0.25) is 0 Å². The van der Waals surface area contributed by atoms with Gasteiger partial charge in [-0.1, -0.05) is 114 Å². The fourth-order valence-electron chi connectivity index (χ4n) is 3.62. The average Bonchev–Trinajstić information content (AvgIpc) is 2.72. The van der Waals surface area contributed by atoms with Crippen LogP contribution in [-0.4, -0.2) is 0 Å². The van der Waals surface area contributed by atoms with Gasteiger partial charge in [0.25, 0.3) is 0 Å². The second-order valence-corrected chi connectivity index (χ2v) is 13.3. The summed E-state index contributed by atoms with van der Waals surface area (Å²) in [6.45, 7) is 12.4. The van der Waals surface area contributed by atoms with E-state index in [0.29, 0.717) is 5.30 Å². The molecule has 170 valence electrons. The predicted molar refractivity (Wildman–Crippen MR) is 129 cm³/mol. The van der Waals surface area contributed by atoms with E-state index in [9.17, 15) is 19.2 Å². The van der Waals surface area contributed by atoms with Gasteiger partial charge in [-0.15, -0.1) is 0 Å². The van der Waals surface area contributed by atoms with E-state index in [1.807, 2.05) is 32.9 Å². The molecule has 1 unspecified atom stereocenters. The third-order valence-electron chi connectivity index (χ3n) is 5.61. The van der Waals surface area contributed by atoms with E-state index >= 15 is 0 Å². The largest absolute Gasteiger partial charge is 0.838 e. The Kier molecular flexibility index (Phi) is 6.87. The molecule has 0 spiro atoms. The standard InChI is InChI=1S/C26H30O4P2/c1-25(2,3)20-11-16-24(23(17-20)26(4,5)6)32(29,30)22-14-9-19(10-15-22)18-7-12-21(13-8-18)31(27)28/h7-17H,1-6H3,(H,29,30)/q-2/p-1. The number of hydrogen-bond acceptors (Lipinski definition) is 4. The van der Waals surface area contributed by atoms with Crippen LogP contribution in [0.1, 0.15) is 52.7 Å². The lowest BCUT2D eigenvalue weighted by Crippen LogP contribution is -2.32. The van der Waals surface area contributed by atoms with Crippen molar-refractivity contribution in [3.63, 3.8) is 0 Å². The smallest absolute Gasteiger partial charge is 0.0723 e. The van der Waals surface area contributed by atoms with Gasteiger partial charge >= 0.3 is 0 Å². The maximum atomic E-state index is 13.6. The molecule has 0 N–H and O–H groups in total. The first-order valence-electron chi connectivity index (χ1n) is 10.5. The molecule has 0 bridgehead atoms. The van der Waals surface area contributed by atoms with Crippen molar-refractivity contribution in [2.75, 3.05) is 0 Å². The molecular formula is C26H29O4P2-3. The molecule has 0 saturated carbocycles. The molecule has 0 saturated heterocycles. The molecule has 0 aliphatic carbocycles. The van der Waals surface area contributed by atoms with Crippen LogP contribution in [0.5, 0.6) is 0 Å².